The van der Waals surface area contributed by atoms with Gasteiger partial charge in [-0.2, -0.15) is 0 Å². The van der Waals surface area contributed by atoms with Gasteiger partial charge < -0.3 is 9.47 Å². The lowest BCUT2D eigenvalue weighted by Crippen LogP contribution is -2.43. The Morgan fingerprint density at radius 1 is 0.676 bits per heavy atom. The molecule has 0 saturated carbocycles. The minimum Gasteiger partial charge on any atom is -0.451 e. The summed E-state index contributed by atoms with van der Waals surface area (Å²) in [6, 6.07) is 0. The van der Waals surface area contributed by atoms with Gasteiger partial charge in [-0.15, -0.1) is 0 Å². The number of ether oxygens (including phenoxy) is 2. The summed E-state index contributed by atoms with van der Waals surface area (Å²) in [4.78, 5) is 27.8. The molecular formula is C33H44O4. The van der Waals surface area contributed by atoms with Gasteiger partial charge in [0.15, 0.2) is 0 Å². The SMILES string of the molecule is CCCC1C=CC=CC1(CCC)OC(=O)C1=C(C(=O)OC2(CCC)C=CC=CC2CCC)C2C=CC1C2. The van der Waals surface area contributed by atoms with Crippen LogP contribution < -0.4 is 0 Å². The highest BCUT2D eigenvalue weighted by Crippen LogP contribution is 2.48. The van der Waals surface area contributed by atoms with E-state index in [1.165, 1.54) is 0 Å². The fourth-order valence-electron chi connectivity index (χ4n) is 6.85. The molecule has 4 nitrogen and oxygen atoms in total. The number of carbonyl (C=O) groups excluding carboxylic acids is 2. The zero-order chi connectivity index (χ0) is 26.5. The van der Waals surface area contributed by atoms with E-state index >= 15 is 0 Å². The lowest BCUT2D eigenvalue weighted by molar-refractivity contribution is -0.158. The van der Waals surface area contributed by atoms with E-state index in [2.05, 4.69) is 76.3 Å². The molecule has 0 heterocycles. The Morgan fingerprint density at radius 3 is 1.49 bits per heavy atom. The minimum absolute atomic E-state index is 0.0816. The van der Waals surface area contributed by atoms with Crippen LogP contribution in [0.1, 0.15) is 85.5 Å². The van der Waals surface area contributed by atoms with E-state index in [9.17, 15) is 9.59 Å². The maximum absolute atomic E-state index is 13.9. The highest BCUT2D eigenvalue weighted by molar-refractivity contribution is 6.03. The number of allylic oxidation sites excluding steroid dienone is 6. The molecular weight excluding hydrogens is 460 g/mol. The summed E-state index contributed by atoms with van der Waals surface area (Å²) in [6.45, 7) is 8.57. The molecule has 0 spiro atoms. The second-order valence-corrected chi connectivity index (χ2v) is 11.1. The number of carbonyl (C=O) groups is 2. The van der Waals surface area contributed by atoms with Crippen molar-refractivity contribution < 1.29 is 19.1 Å². The molecule has 0 saturated heterocycles. The summed E-state index contributed by atoms with van der Waals surface area (Å²) >= 11 is 0. The van der Waals surface area contributed by atoms with Crippen molar-refractivity contribution in [3.63, 3.8) is 0 Å². The third-order valence-electron chi connectivity index (χ3n) is 8.52. The zero-order valence-corrected chi connectivity index (χ0v) is 23.1. The van der Waals surface area contributed by atoms with Crippen LogP contribution in [0, 0.1) is 23.7 Å². The van der Waals surface area contributed by atoms with E-state index in [4.69, 9.17) is 9.47 Å². The van der Waals surface area contributed by atoms with Gasteiger partial charge in [-0.25, -0.2) is 9.59 Å². The molecule has 4 rings (SSSR count). The van der Waals surface area contributed by atoms with E-state index in [0.29, 0.717) is 11.1 Å². The Labute approximate surface area is 223 Å². The molecule has 0 radical (unpaired) electrons. The smallest absolute Gasteiger partial charge is 0.336 e. The van der Waals surface area contributed by atoms with E-state index in [0.717, 1.165) is 57.8 Å². The maximum atomic E-state index is 13.9. The van der Waals surface area contributed by atoms with Crippen molar-refractivity contribution in [2.24, 2.45) is 23.7 Å². The highest BCUT2D eigenvalue weighted by Gasteiger charge is 2.48. The van der Waals surface area contributed by atoms with Crippen LogP contribution >= 0.6 is 0 Å². The molecule has 2 bridgehead atoms. The molecule has 4 aliphatic rings. The maximum Gasteiger partial charge on any atom is 0.336 e. The fraction of sp³-hybridized carbons (Fsp3) is 0.576. The van der Waals surface area contributed by atoms with Gasteiger partial charge in [-0.05, 0) is 44.3 Å². The third-order valence-corrected chi connectivity index (χ3v) is 8.52. The zero-order valence-electron chi connectivity index (χ0n) is 23.1. The number of fused-ring (bicyclic) bond motifs is 2. The second-order valence-electron chi connectivity index (χ2n) is 11.1. The second kappa shape index (κ2) is 11.8. The largest absolute Gasteiger partial charge is 0.451 e. The van der Waals surface area contributed by atoms with Gasteiger partial charge in [0.2, 0.25) is 0 Å². The van der Waals surface area contributed by atoms with E-state index < -0.39 is 11.2 Å². The molecule has 4 aliphatic carbocycles. The van der Waals surface area contributed by atoms with Crippen LogP contribution in [-0.4, -0.2) is 23.1 Å². The lowest BCUT2D eigenvalue weighted by atomic mass is 9.77. The molecule has 0 aromatic rings. The van der Waals surface area contributed by atoms with Crippen LogP contribution in [0.4, 0.5) is 0 Å². The van der Waals surface area contributed by atoms with Gasteiger partial charge in [0.05, 0.1) is 11.1 Å². The van der Waals surface area contributed by atoms with Crippen molar-refractivity contribution in [1.29, 1.82) is 0 Å². The molecule has 0 N–H and O–H groups in total. The number of esters is 2. The van der Waals surface area contributed by atoms with Crippen molar-refractivity contribution in [2.75, 3.05) is 0 Å². The van der Waals surface area contributed by atoms with E-state index in [1.807, 2.05) is 12.2 Å². The first kappa shape index (κ1) is 27.4. The molecule has 200 valence electrons. The Bertz CT molecular complexity index is 961. The minimum atomic E-state index is -0.670. The van der Waals surface area contributed by atoms with Crippen molar-refractivity contribution in [3.05, 3.63) is 71.9 Å². The Hall–Kier alpha value is -2.62. The van der Waals surface area contributed by atoms with Crippen LogP contribution in [0.5, 0.6) is 0 Å². The topological polar surface area (TPSA) is 52.6 Å². The van der Waals surface area contributed by atoms with E-state index in [1.54, 1.807) is 0 Å². The van der Waals surface area contributed by atoms with Crippen LogP contribution in [0.25, 0.3) is 0 Å². The molecule has 0 aliphatic heterocycles. The predicted molar refractivity (Wildman–Crippen MR) is 149 cm³/mol. The molecule has 6 unspecified atom stereocenters. The average molecular weight is 505 g/mol. The summed E-state index contributed by atoms with van der Waals surface area (Å²) in [7, 11) is 0. The van der Waals surface area contributed by atoms with Crippen LogP contribution in [-0.2, 0) is 19.1 Å². The average Bonchev–Trinajstić information content (AvgIpc) is 3.50. The van der Waals surface area contributed by atoms with Gasteiger partial charge in [-0.3, -0.25) is 0 Å². The van der Waals surface area contributed by atoms with E-state index in [-0.39, 0.29) is 35.6 Å². The predicted octanol–water partition coefficient (Wildman–Crippen LogP) is 7.74. The first-order chi connectivity index (χ1) is 17.9. The van der Waals surface area contributed by atoms with Crippen molar-refractivity contribution >= 4 is 11.9 Å². The molecule has 0 aromatic carbocycles. The quantitative estimate of drug-likeness (QED) is 0.201. The molecule has 37 heavy (non-hydrogen) atoms. The van der Waals surface area contributed by atoms with Crippen molar-refractivity contribution in [1.82, 2.24) is 0 Å². The standard InChI is InChI=1S/C33H44O4/c1-5-13-26-15-9-11-21-32(26,19-7-3)36-30(34)28-24-17-18-25(23-24)29(28)31(35)37-33(20-8-4)22-12-10-16-27(33)14-6-2/h9-12,15-18,21-22,24-27H,5-8,13-14,19-20,23H2,1-4H3. The third kappa shape index (κ3) is 5.35. The summed E-state index contributed by atoms with van der Waals surface area (Å²) in [5.41, 5.74) is -0.312. The summed E-state index contributed by atoms with van der Waals surface area (Å²) in [5, 5.41) is 0. The molecule has 0 fully saturated rings. The molecule has 0 amide bonds. The molecule has 6 atom stereocenters. The summed E-state index contributed by atoms with van der Waals surface area (Å²) in [5.74, 6) is -0.598. The van der Waals surface area contributed by atoms with Crippen LogP contribution in [0.15, 0.2) is 71.9 Å². The number of rotatable bonds is 12. The lowest BCUT2D eigenvalue weighted by Gasteiger charge is -2.39. The normalized spacial score (nSPS) is 33.4. The van der Waals surface area contributed by atoms with Gasteiger partial charge >= 0.3 is 11.9 Å². The van der Waals surface area contributed by atoms with Crippen LogP contribution in [0.3, 0.4) is 0 Å². The fourth-order valence-corrected chi connectivity index (χ4v) is 6.85. The van der Waals surface area contributed by atoms with Gasteiger partial charge in [0, 0.05) is 23.7 Å². The Morgan fingerprint density at radius 2 is 1.11 bits per heavy atom. The first-order valence-corrected chi connectivity index (χ1v) is 14.5. The summed E-state index contributed by atoms with van der Waals surface area (Å²) in [6.07, 6.45) is 28.7. The molecule has 0 aromatic heterocycles. The Balaban J connectivity index is 1.65. The van der Waals surface area contributed by atoms with Gasteiger partial charge in [0.1, 0.15) is 11.2 Å². The van der Waals surface area contributed by atoms with Crippen LogP contribution in [0.2, 0.25) is 0 Å². The number of hydrogen-bond donors (Lipinski definition) is 0. The highest BCUT2D eigenvalue weighted by atomic mass is 16.6. The monoisotopic (exact) mass is 504 g/mol. The van der Waals surface area contributed by atoms with Crippen molar-refractivity contribution in [3.8, 4) is 0 Å². The Kier molecular flexibility index (Phi) is 8.77. The number of hydrogen-bond acceptors (Lipinski definition) is 4. The summed E-state index contributed by atoms with van der Waals surface area (Å²) < 4.78 is 12.8. The van der Waals surface area contributed by atoms with Crippen molar-refractivity contribution in [2.45, 2.75) is 96.7 Å². The first-order valence-electron chi connectivity index (χ1n) is 14.5. The molecule has 4 heteroatoms. The van der Waals surface area contributed by atoms with Gasteiger partial charge in [-0.1, -0.05) is 102 Å². The van der Waals surface area contributed by atoms with Gasteiger partial charge in [0.25, 0.3) is 0 Å².